The fourth-order valence-corrected chi connectivity index (χ4v) is 1.49. The SMILES string of the molecule is CN(C)c1ccc(C(=O)NN=Cc2ccco2)cc1. The van der Waals surface area contributed by atoms with Gasteiger partial charge in [0.15, 0.2) is 0 Å². The van der Waals surface area contributed by atoms with Crippen molar-refractivity contribution in [1.82, 2.24) is 5.43 Å². The van der Waals surface area contributed by atoms with Crippen LogP contribution in [0.25, 0.3) is 0 Å². The maximum absolute atomic E-state index is 11.8. The highest BCUT2D eigenvalue weighted by molar-refractivity contribution is 5.95. The number of hydrogen-bond acceptors (Lipinski definition) is 4. The van der Waals surface area contributed by atoms with Gasteiger partial charge in [-0.1, -0.05) is 0 Å². The largest absolute Gasteiger partial charge is 0.463 e. The third-order valence-corrected chi connectivity index (χ3v) is 2.55. The summed E-state index contributed by atoms with van der Waals surface area (Å²) in [6, 6.07) is 10.8. The van der Waals surface area contributed by atoms with Crippen molar-refractivity contribution in [3.05, 3.63) is 54.0 Å². The predicted octanol–water partition coefficient (Wildman–Crippen LogP) is 2.11. The molecule has 0 radical (unpaired) electrons. The van der Waals surface area contributed by atoms with Gasteiger partial charge < -0.3 is 9.32 Å². The zero-order chi connectivity index (χ0) is 13.7. The van der Waals surface area contributed by atoms with Gasteiger partial charge in [0.25, 0.3) is 5.91 Å². The molecule has 0 atom stereocenters. The molecule has 0 saturated heterocycles. The summed E-state index contributed by atoms with van der Waals surface area (Å²) in [6.45, 7) is 0. The minimum atomic E-state index is -0.256. The van der Waals surface area contributed by atoms with Crippen LogP contribution in [0.15, 0.2) is 52.2 Å². The van der Waals surface area contributed by atoms with Gasteiger partial charge in [0.2, 0.25) is 0 Å². The van der Waals surface area contributed by atoms with Crippen molar-refractivity contribution in [2.75, 3.05) is 19.0 Å². The Morgan fingerprint density at radius 3 is 2.58 bits per heavy atom. The Balaban J connectivity index is 1.96. The van der Waals surface area contributed by atoms with Crippen LogP contribution in [-0.2, 0) is 0 Å². The monoisotopic (exact) mass is 257 g/mol. The van der Waals surface area contributed by atoms with Crippen LogP contribution in [0, 0.1) is 0 Å². The Morgan fingerprint density at radius 2 is 2.00 bits per heavy atom. The van der Waals surface area contributed by atoms with Crippen LogP contribution in [-0.4, -0.2) is 26.2 Å². The summed E-state index contributed by atoms with van der Waals surface area (Å²) in [5.41, 5.74) is 4.04. The fourth-order valence-electron chi connectivity index (χ4n) is 1.49. The number of nitrogens with zero attached hydrogens (tertiary/aromatic N) is 2. The standard InChI is InChI=1S/C14H15N3O2/c1-17(2)12-7-5-11(6-8-12)14(18)16-15-10-13-4-3-9-19-13/h3-10H,1-2H3,(H,16,18). The quantitative estimate of drug-likeness (QED) is 0.674. The molecule has 0 spiro atoms. The Kier molecular flexibility index (Phi) is 3.97. The zero-order valence-electron chi connectivity index (χ0n) is 10.8. The molecular formula is C14H15N3O2. The van der Waals surface area contributed by atoms with Crippen molar-refractivity contribution < 1.29 is 9.21 Å². The van der Waals surface area contributed by atoms with Crippen molar-refractivity contribution in [3.8, 4) is 0 Å². The molecule has 1 N–H and O–H groups in total. The molecular weight excluding hydrogens is 242 g/mol. The van der Waals surface area contributed by atoms with E-state index in [4.69, 9.17) is 4.42 Å². The zero-order valence-corrected chi connectivity index (χ0v) is 10.8. The van der Waals surface area contributed by atoms with E-state index in [-0.39, 0.29) is 5.91 Å². The molecule has 2 aromatic rings. The number of furan rings is 1. The van der Waals surface area contributed by atoms with Gasteiger partial charge in [-0.25, -0.2) is 5.43 Å². The van der Waals surface area contributed by atoms with E-state index in [0.717, 1.165) is 5.69 Å². The Labute approximate surface area is 111 Å². The molecule has 0 saturated carbocycles. The summed E-state index contributed by atoms with van der Waals surface area (Å²) in [7, 11) is 3.89. The van der Waals surface area contributed by atoms with Crippen molar-refractivity contribution in [2.24, 2.45) is 5.10 Å². The molecule has 2 rings (SSSR count). The van der Waals surface area contributed by atoms with Gasteiger partial charge in [-0.15, -0.1) is 0 Å². The average Bonchev–Trinajstić information content (AvgIpc) is 2.92. The van der Waals surface area contributed by atoms with Crippen LogP contribution in [0.2, 0.25) is 0 Å². The number of anilines is 1. The second kappa shape index (κ2) is 5.86. The van der Waals surface area contributed by atoms with Crippen LogP contribution in [0.3, 0.4) is 0 Å². The van der Waals surface area contributed by atoms with E-state index in [1.54, 1.807) is 30.5 Å². The summed E-state index contributed by atoms with van der Waals surface area (Å²) in [6.07, 6.45) is 3.00. The lowest BCUT2D eigenvalue weighted by molar-refractivity contribution is 0.0955. The molecule has 0 unspecified atom stereocenters. The van der Waals surface area contributed by atoms with E-state index in [2.05, 4.69) is 10.5 Å². The number of carbonyl (C=O) groups excluding carboxylic acids is 1. The highest BCUT2D eigenvalue weighted by Crippen LogP contribution is 2.11. The van der Waals surface area contributed by atoms with Crippen molar-refractivity contribution >= 4 is 17.8 Å². The molecule has 19 heavy (non-hydrogen) atoms. The molecule has 1 aromatic heterocycles. The number of nitrogens with one attached hydrogen (secondary N) is 1. The molecule has 0 aliphatic heterocycles. The second-order valence-electron chi connectivity index (χ2n) is 4.16. The van der Waals surface area contributed by atoms with E-state index in [1.807, 2.05) is 31.1 Å². The number of hydrogen-bond donors (Lipinski definition) is 1. The normalized spacial score (nSPS) is 10.6. The van der Waals surface area contributed by atoms with Crippen molar-refractivity contribution in [3.63, 3.8) is 0 Å². The Bertz CT molecular complexity index is 557. The average molecular weight is 257 g/mol. The minimum Gasteiger partial charge on any atom is -0.463 e. The topological polar surface area (TPSA) is 57.8 Å². The number of benzene rings is 1. The Morgan fingerprint density at radius 1 is 1.26 bits per heavy atom. The van der Waals surface area contributed by atoms with Gasteiger partial charge >= 0.3 is 0 Å². The summed E-state index contributed by atoms with van der Waals surface area (Å²) in [4.78, 5) is 13.8. The highest BCUT2D eigenvalue weighted by atomic mass is 16.3. The van der Waals surface area contributed by atoms with Crippen molar-refractivity contribution in [2.45, 2.75) is 0 Å². The van der Waals surface area contributed by atoms with E-state index >= 15 is 0 Å². The number of hydrazone groups is 1. The molecule has 0 aliphatic rings. The minimum absolute atomic E-state index is 0.256. The molecule has 0 bridgehead atoms. The van der Waals surface area contributed by atoms with Crippen molar-refractivity contribution in [1.29, 1.82) is 0 Å². The predicted molar refractivity (Wildman–Crippen MR) is 74.5 cm³/mol. The third-order valence-electron chi connectivity index (χ3n) is 2.55. The van der Waals surface area contributed by atoms with Crippen LogP contribution in [0.1, 0.15) is 16.1 Å². The summed E-state index contributed by atoms with van der Waals surface area (Å²) in [5.74, 6) is 0.330. The maximum Gasteiger partial charge on any atom is 0.271 e. The maximum atomic E-state index is 11.8. The van der Waals surface area contributed by atoms with Crippen LogP contribution >= 0.6 is 0 Å². The molecule has 1 aromatic carbocycles. The van der Waals surface area contributed by atoms with E-state index in [1.165, 1.54) is 6.21 Å². The van der Waals surface area contributed by atoms with Crippen LogP contribution in [0.4, 0.5) is 5.69 Å². The highest BCUT2D eigenvalue weighted by Gasteiger charge is 2.04. The molecule has 0 aliphatic carbocycles. The van der Waals surface area contributed by atoms with Crippen LogP contribution in [0.5, 0.6) is 0 Å². The summed E-state index contributed by atoms with van der Waals surface area (Å²) < 4.78 is 5.06. The number of carbonyl (C=O) groups is 1. The first-order valence-corrected chi connectivity index (χ1v) is 5.81. The molecule has 1 heterocycles. The van der Waals surface area contributed by atoms with Gasteiger partial charge in [0.05, 0.1) is 12.5 Å². The molecule has 1 amide bonds. The summed E-state index contributed by atoms with van der Waals surface area (Å²) >= 11 is 0. The fraction of sp³-hybridized carbons (Fsp3) is 0.143. The smallest absolute Gasteiger partial charge is 0.271 e. The van der Waals surface area contributed by atoms with Gasteiger partial charge in [0, 0.05) is 25.3 Å². The number of rotatable bonds is 4. The Hall–Kier alpha value is -2.56. The molecule has 98 valence electrons. The van der Waals surface area contributed by atoms with Gasteiger partial charge in [-0.3, -0.25) is 4.79 Å². The van der Waals surface area contributed by atoms with E-state index in [0.29, 0.717) is 11.3 Å². The lowest BCUT2D eigenvalue weighted by atomic mass is 10.2. The number of amides is 1. The summed E-state index contributed by atoms with van der Waals surface area (Å²) in [5, 5.41) is 3.82. The molecule has 5 nitrogen and oxygen atoms in total. The molecule has 0 fully saturated rings. The van der Waals surface area contributed by atoms with Gasteiger partial charge in [0.1, 0.15) is 5.76 Å². The van der Waals surface area contributed by atoms with E-state index < -0.39 is 0 Å². The first-order chi connectivity index (χ1) is 9.16. The lowest BCUT2D eigenvalue weighted by Crippen LogP contribution is -2.17. The van der Waals surface area contributed by atoms with Gasteiger partial charge in [-0.05, 0) is 36.4 Å². The van der Waals surface area contributed by atoms with Gasteiger partial charge in [-0.2, -0.15) is 5.10 Å². The molecule has 5 heteroatoms. The first-order valence-electron chi connectivity index (χ1n) is 5.81. The lowest BCUT2D eigenvalue weighted by Gasteiger charge is -2.12. The van der Waals surface area contributed by atoms with E-state index in [9.17, 15) is 4.79 Å². The van der Waals surface area contributed by atoms with Crippen LogP contribution < -0.4 is 10.3 Å². The second-order valence-corrected chi connectivity index (χ2v) is 4.16. The third kappa shape index (κ3) is 3.45. The first kappa shape index (κ1) is 12.9.